The van der Waals surface area contributed by atoms with E-state index in [-0.39, 0.29) is 30.5 Å². The highest BCUT2D eigenvalue weighted by molar-refractivity contribution is 6.01. The van der Waals surface area contributed by atoms with E-state index in [1.807, 2.05) is 6.92 Å². The van der Waals surface area contributed by atoms with Crippen LogP contribution in [0, 0.1) is 28.6 Å². The molecule has 0 heterocycles. The normalized spacial score (nSPS) is 52.5. The van der Waals surface area contributed by atoms with Crippen LogP contribution in [0.1, 0.15) is 46.5 Å². The Morgan fingerprint density at radius 2 is 2.00 bits per heavy atom. The van der Waals surface area contributed by atoms with E-state index in [2.05, 4.69) is 0 Å². The number of carbonyl (C=O) groups excluding carboxylic acids is 2. The smallest absolute Gasteiger partial charge is 0.190 e. The first kappa shape index (κ1) is 19.9. The van der Waals surface area contributed by atoms with Crippen LogP contribution in [0.25, 0.3) is 0 Å². The first-order valence-electron chi connectivity index (χ1n) is 10.1. The molecule has 3 saturated carbocycles. The molecule has 0 aliphatic heterocycles. The summed E-state index contributed by atoms with van der Waals surface area (Å²) in [7, 11) is 0. The molecule has 4 rings (SSSR count). The van der Waals surface area contributed by atoms with Crippen molar-refractivity contribution in [1.29, 1.82) is 0 Å². The molecule has 0 radical (unpaired) electrons. The largest absolute Gasteiger partial charge is 0.390 e. The highest BCUT2D eigenvalue weighted by atomic mass is 19.1. The second-order valence-electron chi connectivity index (χ2n) is 9.77. The van der Waals surface area contributed by atoms with Crippen molar-refractivity contribution >= 4 is 11.6 Å². The third kappa shape index (κ3) is 2.06. The number of hydrogen-bond donors (Lipinski definition) is 3. The van der Waals surface area contributed by atoms with Crippen LogP contribution in [-0.4, -0.2) is 50.9 Å². The molecule has 0 amide bonds. The fourth-order valence-electron chi connectivity index (χ4n) is 7.19. The maximum Gasteiger partial charge on any atom is 0.190 e. The molecular formula is C22H29FO5. The Kier molecular flexibility index (Phi) is 4.15. The Labute approximate surface area is 164 Å². The molecule has 0 aromatic heterocycles. The summed E-state index contributed by atoms with van der Waals surface area (Å²) in [5, 5.41) is 31.7. The predicted octanol–water partition coefficient (Wildman–Crippen LogP) is 1.90. The zero-order valence-electron chi connectivity index (χ0n) is 16.6. The van der Waals surface area contributed by atoms with Crippen molar-refractivity contribution in [2.75, 3.05) is 6.61 Å². The van der Waals surface area contributed by atoms with Crippen LogP contribution in [-0.2, 0) is 9.59 Å². The molecular weight excluding hydrogens is 363 g/mol. The number of fused-ring (bicyclic) bond motifs is 5. The zero-order valence-corrected chi connectivity index (χ0v) is 16.6. The summed E-state index contributed by atoms with van der Waals surface area (Å²) in [5.74, 6) is -1.73. The van der Waals surface area contributed by atoms with Gasteiger partial charge in [0, 0.05) is 16.7 Å². The minimum atomic E-state index is -1.99. The SMILES string of the molecule is C[C@@H]1C[C@H]2[C@@H]3CC[C@](O)(C(=O)CO)[C@@]3(C)C[C@H](O)[C@]2(F)[C@@]2(C)C=CC(=O)C=C12. The zero-order chi connectivity index (χ0) is 20.7. The van der Waals surface area contributed by atoms with E-state index >= 15 is 4.39 Å². The van der Waals surface area contributed by atoms with Crippen molar-refractivity contribution in [3.8, 4) is 0 Å². The molecule has 28 heavy (non-hydrogen) atoms. The van der Waals surface area contributed by atoms with E-state index in [0.29, 0.717) is 18.4 Å². The van der Waals surface area contributed by atoms with E-state index in [4.69, 9.17) is 0 Å². The van der Waals surface area contributed by atoms with Gasteiger partial charge in [0.25, 0.3) is 0 Å². The van der Waals surface area contributed by atoms with Gasteiger partial charge in [-0.3, -0.25) is 9.59 Å². The van der Waals surface area contributed by atoms with Gasteiger partial charge in [0.1, 0.15) is 12.2 Å². The summed E-state index contributed by atoms with van der Waals surface area (Å²) < 4.78 is 16.9. The molecule has 0 aromatic carbocycles. The average Bonchev–Trinajstić information content (AvgIpc) is 2.91. The van der Waals surface area contributed by atoms with Crippen LogP contribution in [0.15, 0.2) is 23.8 Å². The average molecular weight is 392 g/mol. The molecule has 0 saturated heterocycles. The van der Waals surface area contributed by atoms with E-state index < -0.39 is 46.5 Å². The van der Waals surface area contributed by atoms with Gasteiger partial charge in [-0.25, -0.2) is 4.39 Å². The van der Waals surface area contributed by atoms with E-state index in [1.165, 1.54) is 12.2 Å². The van der Waals surface area contributed by atoms with Gasteiger partial charge < -0.3 is 15.3 Å². The minimum absolute atomic E-state index is 0.0513. The number of allylic oxidation sites excluding steroid dienone is 4. The third-order valence-corrected chi connectivity index (χ3v) is 8.73. The minimum Gasteiger partial charge on any atom is -0.390 e. The van der Waals surface area contributed by atoms with Crippen LogP contribution >= 0.6 is 0 Å². The van der Waals surface area contributed by atoms with Gasteiger partial charge in [-0.1, -0.05) is 25.5 Å². The van der Waals surface area contributed by atoms with Gasteiger partial charge in [-0.05, 0) is 56.6 Å². The summed E-state index contributed by atoms with van der Waals surface area (Å²) in [5.41, 5.74) is -5.14. The second kappa shape index (κ2) is 5.83. The summed E-state index contributed by atoms with van der Waals surface area (Å²) in [6.07, 6.45) is 4.09. The summed E-state index contributed by atoms with van der Waals surface area (Å²) in [6, 6.07) is 0. The maximum absolute atomic E-state index is 16.9. The van der Waals surface area contributed by atoms with Gasteiger partial charge in [0.2, 0.25) is 0 Å². The quantitative estimate of drug-likeness (QED) is 0.667. The van der Waals surface area contributed by atoms with Crippen molar-refractivity contribution in [3.63, 3.8) is 0 Å². The van der Waals surface area contributed by atoms with E-state index in [0.717, 1.165) is 0 Å². The molecule has 3 N–H and O–H groups in total. The number of ketones is 2. The Balaban J connectivity index is 1.84. The lowest BCUT2D eigenvalue weighted by atomic mass is 9.43. The van der Waals surface area contributed by atoms with Crippen LogP contribution in [0.3, 0.4) is 0 Å². The Morgan fingerprint density at radius 3 is 2.64 bits per heavy atom. The number of rotatable bonds is 2. The topological polar surface area (TPSA) is 94.8 Å². The third-order valence-electron chi connectivity index (χ3n) is 8.73. The molecule has 0 unspecified atom stereocenters. The summed E-state index contributed by atoms with van der Waals surface area (Å²) in [4.78, 5) is 24.3. The lowest BCUT2D eigenvalue weighted by molar-refractivity contribution is -0.221. The number of halogens is 1. The highest BCUT2D eigenvalue weighted by Gasteiger charge is 2.74. The Hall–Kier alpha value is -1.37. The van der Waals surface area contributed by atoms with Crippen LogP contribution < -0.4 is 0 Å². The lowest BCUT2D eigenvalue weighted by Crippen LogP contribution is -2.69. The monoisotopic (exact) mass is 392 g/mol. The number of aliphatic hydroxyl groups is 3. The van der Waals surface area contributed by atoms with Gasteiger partial charge in [-0.15, -0.1) is 0 Å². The van der Waals surface area contributed by atoms with Gasteiger partial charge >= 0.3 is 0 Å². The van der Waals surface area contributed by atoms with Gasteiger partial charge in [-0.2, -0.15) is 0 Å². The highest BCUT2D eigenvalue weighted by Crippen LogP contribution is 2.70. The molecule has 4 aliphatic rings. The molecule has 6 heteroatoms. The molecule has 5 nitrogen and oxygen atoms in total. The van der Waals surface area contributed by atoms with E-state index in [9.17, 15) is 24.9 Å². The Bertz CT molecular complexity index is 805. The first-order chi connectivity index (χ1) is 13.0. The fraction of sp³-hybridized carbons (Fsp3) is 0.727. The van der Waals surface area contributed by atoms with Crippen LogP contribution in [0.2, 0.25) is 0 Å². The van der Waals surface area contributed by atoms with Crippen molar-refractivity contribution < 1.29 is 29.3 Å². The van der Waals surface area contributed by atoms with Gasteiger partial charge in [0.15, 0.2) is 17.2 Å². The lowest BCUT2D eigenvalue weighted by Gasteiger charge is -2.63. The second-order valence-corrected chi connectivity index (χ2v) is 9.77. The molecule has 3 fully saturated rings. The molecule has 154 valence electrons. The predicted molar refractivity (Wildman–Crippen MR) is 99.9 cm³/mol. The maximum atomic E-state index is 16.9. The molecule has 0 spiro atoms. The van der Waals surface area contributed by atoms with Crippen molar-refractivity contribution in [2.45, 2.75) is 63.8 Å². The number of aliphatic hydroxyl groups excluding tert-OH is 2. The molecule has 8 atom stereocenters. The van der Waals surface area contributed by atoms with Crippen molar-refractivity contribution in [1.82, 2.24) is 0 Å². The Morgan fingerprint density at radius 1 is 1.32 bits per heavy atom. The number of alkyl halides is 1. The van der Waals surface area contributed by atoms with Crippen LogP contribution in [0.4, 0.5) is 4.39 Å². The molecule has 4 aliphatic carbocycles. The van der Waals surface area contributed by atoms with Crippen LogP contribution in [0.5, 0.6) is 0 Å². The number of carbonyl (C=O) groups is 2. The number of hydrogen-bond acceptors (Lipinski definition) is 5. The standard InChI is InChI=1S/C22H29FO5/c1-12-8-16-14-5-7-21(28,18(27)11-24)20(14,3)10-17(26)22(16,23)19(2)6-4-13(25)9-15(12)19/h4,6,9,12,14,16-17,24,26,28H,5,7-8,10-11H2,1-3H3/t12-,14+,16+,17+,19+,20+,21+,22+/m1/s1. The molecule has 0 bridgehead atoms. The van der Waals surface area contributed by atoms with Crippen molar-refractivity contribution in [3.05, 3.63) is 23.8 Å². The molecule has 0 aromatic rings. The van der Waals surface area contributed by atoms with Crippen molar-refractivity contribution in [2.24, 2.45) is 28.6 Å². The first-order valence-corrected chi connectivity index (χ1v) is 10.1. The summed E-state index contributed by atoms with van der Waals surface area (Å²) >= 11 is 0. The van der Waals surface area contributed by atoms with Gasteiger partial charge in [0.05, 0.1) is 6.10 Å². The van der Waals surface area contributed by atoms with E-state index in [1.54, 1.807) is 19.9 Å². The fourth-order valence-corrected chi connectivity index (χ4v) is 7.19. The number of Topliss-reactive ketones (excluding diaryl/α,β-unsaturated/α-hetero) is 1. The summed E-state index contributed by atoms with van der Waals surface area (Å²) in [6.45, 7) is 4.69.